The van der Waals surface area contributed by atoms with Crippen LogP contribution in [0.3, 0.4) is 0 Å². The van der Waals surface area contributed by atoms with Crippen LogP contribution in [0.1, 0.15) is 39.7 Å². The minimum atomic E-state index is -4.40. The van der Waals surface area contributed by atoms with Gasteiger partial charge in [0.25, 0.3) is 5.69 Å². The molecule has 1 aromatic carbocycles. The van der Waals surface area contributed by atoms with Gasteiger partial charge in [-0.2, -0.15) is 5.26 Å². The van der Waals surface area contributed by atoms with E-state index in [9.17, 15) is 32.7 Å². The van der Waals surface area contributed by atoms with E-state index in [1.54, 1.807) is 26.8 Å². The van der Waals surface area contributed by atoms with E-state index in [0.29, 0.717) is 0 Å². The average molecular weight is 490 g/mol. The van der Waals surface area contributed by atoms with Gasteiger partial charge >= 0.3 is 0 Å². The highest BCUT2D eigenvalue weighted by Crippen LogP contribution is 2.35. The lowest BCUT2D eigenvalue weighted by molar-refractivity contribution is -0.385. The van der Waals surface area contributed by atoms with Gasteiger partial charge in [0.15, 0.2) is 14.6 Å². The second-order valence-corrected chi connectivity index (χ2v) is 12.8. The second kappa shape index (κ2) is 10.3. The number of methoxy groups -OCH3 is 1. The van der Waals surface area contributed by atoms with E-state index in [0.717, 1.165) is 18.2 Å². The molecule has 0 heterocycles. The van der Waals surface area contributed by atoms with Gasteiger partial charge in [0, 0.05) is 42.6 Å². The Morgan fingerprint density at radius 1 is 1.38 bits per heavy atom. The zero-order chi connectivity index (χ0) is 25.0. The molecule has 0 saturated carbocycles. The molecule has 3 atom stereocenters. The third kappa shape index (κ3) is 6.05. The number of nitriles is 1. The molecule has 0 unspecified atom stereocenters. The van der Waals surface area contributed by atoms with E-state index < -0.39 is 65.0 Å². The molecule has 0 aliphatic heterocycles. The quantitative estimate of drug-likeness (QED) is 0.216. The highest BCUT2D eigenvalue weighted by atomic mass is 32.2. The van der Waals surface area contributed by atoms with Crippen LogP contribution >= 0.6 is 0 Å². The Morgan fingerprint density at radius 3 is 2.41 bits per heavy atom. The minimum absolute atomic E-state index is 0.268. The summed E-state index contributed by atoms with van der Waals surface area (Å²) >= 11 is -1.89. The molecule has 178 valence electrons. The number of nitrogens with zero attached hydrogens (tertiary/aromatic N) is 2. The first-order valence-electron chi connectivity index (χ1n) is 9.46. The van der Waals surface area contributed by atoms with Crippen LogP contribution in [0.25, 0.3) is 0 Å². The average Bonchev–Trinajstić information content (AvgIpc) is 2.66. The summed E-state index contributed by atoms with van der Waals surface area (Å²) in [5, 5.41) is 21.0. The van der Waals surface area contributed by atoms with Crippen LogP contribution in [0.15, 0.2) is 30.9 Å². The monoisotopic (exact) mass is 489 g/mol. The maximum atomic E-state index is 14.9. The molecule has 1 aromatic rings. The molecular formula is C20H28FN3O6S2. The number of non-ortho nitro benzene ring substituents is 1. The van der Waals surface area contributed by atoms with E-state index in [4.69, 9.17) is 4.74 Å². The van der Waals surface area contributed by atoms with Crippen LogP contribution in [-0.4, -0.2) is 46.9 Å². The molecule has 0 spiro atoms. The van der Waals surface area contributed by atoms with Crippen LogP contribution in [0.2, 0.25) is 0 Å². The maximum Gasteiger partial charge on any atom is 0.269 e. The largest absolute Gasteiger partial charge is 0.598 e. The van der Waals surface area contributed by atoms with Crippen molar-refractivity contribution in [2.75, 3.05) is 19.5 Å². The van der Waals surface area contributed by atoms with Crippen LogP contribution in [-0.2, 0) is 31.5 Å². The van der Waals surface area contributed by atoms with Crippen LogP contribution < -0.4 is 4.72 Å². The van der Waals surface area contributed by atoms with Gasteiger partial charge in [-0.15, -0.1) is 11.3 Å². The van der Waals surface area contributed by atoms with E-state index in [1.165, 1.54) is 20.1 Å². The molecule has 0 saturated heterocycles. The van der Waals surface area contributed by atoms with E-state index in [2.05, 4.69) is 11.3 Å². The molecule has 12 heteroatoms. The fourth-order valence-electron chi connectivity index (χ4n) is 2.98. The number of hydrogen-bond donors (Lipinski definition) is 1. The summed E-state index contributed by atoms with van der Waals surface area (Å²) in [6.45, 7) is 9.16. The number of nitrogens with one attached hydrogen (secondary N) is 1. The minimum Gasteiger partial charge on any atom is -0.598 e. The number of hydrogen-bond acceptors (Lipinski definition) is 8. The fraction of sp³-hybridized carbons (Fsp3) is 0.550. The number of benzene rings is 1. The molecule has 1 N–H and O–H groups in total. The summed E-state index contributed by atoms with van der Waals surface area (Å²) in [7, 11) is -3.16. The Bertz CT molecular complexity index is 1010. The molecule has 1 rings (SSSR count). The third-order valence-corrected chi connectivity index (χ3v) is 9.03. The van der Waals surface area contributed by atoms with Gasteiger partial charge in [0.05, 0.1) is 23.4 Å². The van der Waals surface area contributed by atoms with Crippen molar-refractivity contribution in [1.29, 1.82) is 5.26 Å². The summed E-state index contributed by atoms with van der Waals surface area (Å²) in [6.07, 6.45) is 0.987. The number of rotatable bonds is 11. The lowest BCUT2D eigenvalue weighted by Gasteiger charge is -2.37. The summed E-state index contributed by atoms with van der Waals surface area (Å²) in [5.41, 5.74) is -2.72. The molecule has 0 bridgehead atoms. The molecule has 0 aliphatic carbocycles. The van der Waals surface area contributed by atoms with E-state index in [1.807, 2.05) is 0 Å². The SMILES string of the molecule is C=CC[C@](C#N)(COC)S(=O)(=O)C[C@](C)(N[S@+]([O-])C(C)(C)C)c1cc([N+](=O)[O-])ccc1F. The third-order valence-electron chi connectivity index (χ3n) is 4.76. The van der Waals surface area contributed by atoms with Crippen LogP contribution in [0.5, 0.6) is 0 Å². The summed E-state index contributed by atoms with van der Waals surface area (Å²) < 4.78 is 59.4. The van der Waals surface area contributed by atoms with Crippen molar-refractivity contribution in [3.8, 4) is 6.07 Å². The molecule has 0 aliphatic rings. The number of ether oxygens (including phenoxy) is 1. The highest BCUT2D eigenvalue weighted by molar-refractivity contribution is 7.93. The summed E-state index contributed by atoms with van der Waals surface area (Å²) in [4.78, 5) is 10.5. The molecule has 32 heavy (non-hydrogen) atoms. The predicted molar refractivity (Wildman–Crippen MR) is 120 cm³/mol. The molecule has 0 radical (unpaired) electrons. The molecule has 0 amide bonds. The lowest BCUT2D eigenvalue weighted by atomic mass is 9.94. The van der Waals surface area contributed by atoms with Crippen molar-refractivity contribution < 1.29 is 27.0 Å². The number of halogens is 1. The van der Waals surface area contributed by atoms with Crippen molar-refractivity contribution in [3.63, 3.8) is 0 Å². The fourth-order valence-corrected chi connectivity index (χ4v) is 6.04. The van der Waals surface area contributed by atoms with Crippen molar-refractivity contribution >= 4 is 26.9 Å². The van der Waals surface area contributed by atoms with Crippen molar-refractivity contribution in [2.45, 2.75) is 49.1 Å². The first-order valence-corrected chi connectivity index (χ1v) is 12.3. The van der Waals surface area contributed by atoms with Crippen LogP contribution in [0, 0.1) is 27.3 Å². The predicted octanol–water partition coefficient (Wildman–Crippen LogP) is 2.90. The van der Waals surface area contributed by atoms with Crippen LogP contribution in [0.4, 0.5) is 10.1 Å². The Balaban J connectivity index is 3.75. The van der Waals surface area contributed by atoms with Gasteiger partial charge in [-0.3, -0.25) is 10.1 Å². The molecular weight excluding hydrogens is 461 g/mol. The van der Waals surface area contributed by atoms with Gasteiger partial charge < -0.3 is 9.29 Å². The van der Waals surface area contributed by atoms with Crippen molar-refractivity contribution in [2.24, 2.45) is 0 Å². The lowest BCUT2D eigenvalue weighted by Crippen LogP contribution is -2.56. The maximum absolute atomic E-state index is 14.9. The van der Waals surface area contributed by atoms with Crippen molar-refractivity contribution in [1.82, 2.24) is 4.72 Å². The molecule has 0 fully saturated rings. The topological polar surface area (TPSA) is 145 Å². The first kappa shape index (κ1) is 28.0. The zero-order valence-corrected chi connectivity index (χ0v) is 20.3. The van der Waals surface area contributed by atoms with Gasteiger partial charge in [-0.1, -0.05) is 6.08 Å². The summed E-state index contributed by atoms with van der Waals surface area (Å²) in [6, 6.07) is 4.45. The number of sulfone groups is 1. The zero-order valence-electron chi connectivity index (χ0n) is 18.7. The van der Waals surface area contributed by atoms with Gasteiger partial charge in [0.2, 0.25) is 0 Å². The Hall–Kier alpha value is -2.04. The first-order chi connectivity index (χ1) is 14.6. The molecule has 9 nitrogen and oxygen atoms in total. The summed E-state index contributed by atoms with van der Waals surface area (Å²) in [5.74, 6) is -1.81. The smallest absolute Gasteiger partial charge is 0.269 e. The van der Waals surface area contributed by atoms with Gasteiger partial charge in [-0.25, -0.2) is 12.8 Å². The Morgan fingerprint density at radius 2 is 1.97 bits per heavy atom. The highest BCUT2D eigenvalue weighted by Gasteiger charge is 2.50. The normalized spacial score (nSPS) is 16.9. The standard InChI is InChI=1S/C20H28FN3O6S2/c1-7-10-20(12-22,13-30-6)32(28,29)14-19(5,23-31(27)18(2,3)4)16-11-15(24(25)26)8-9-17(16)21/h7-9,11,23H,1,10,13-14H2,2-6H3/t19-,20-,31+/m0/s1. The van der Waals surface area contributed by atoms with Crippen molar-refractivity contribution in [3.05, 3.63) is 52.3 Å². The van der Waals surface area contributed by atoms with E-state index >= 15 is 0 Å². The second-order valence-electron chi connectivity index (χ2n) is 8.53. The van der Waals surface area contributed by atoms with E-state index in [-0.39, 0.29) is 12.0 Å². The number of allylic oxidation sites excluding steroid dienone is 1. The number of nitro benzene ring substituents is 1. The Kier molecular flexibility index (Phi) is 8.98. The Labute approximate surface area is 191 Å². The van der Waals surface area contributed by atoms with Gasteiger partial charge in [-0.05, 0) is 33.8 Å². The van der Waals surface area contributed by atoms with Gasteiger partial charge in [0.1, 0.15) is 16.1 Å². The number of nitro groups is 1. The molecule has 0 aromatic heterocycles.